The summed E-state index contributed by atoms with van der Waals surface area (Å²) in [6.45, 7) is 1.88. The Kier molecular flexibility index (Phi) is 6.35. The summed E-state index contributed by atoms with van der Waals surface area (Å²) in [6.07, 6.45) is 0.902. The van der Waals surface area contributed by atoms with Crippen LogP contribution in [0.1, 0.15) is 27.6 Å². The molecule has 6 heteroatoms. The number of benzene rings is 2. The van der Waals surface area contributed by atoms with Crippen LogP contribution in [0.25, 0.3) is 0 Å². The molecule has 2 heterocycles. The van der Waals surface area contributed by atoms with Crippen LogP contribution in [-0.2, 0) is 17.8 Å². The molecule has 1 amide bonds. The summed E-state index contributed by atoms with van der Waals surface area (Å²) in [5.41, 5.74) is 3.59. The Morgan fingerprint density at radius 2 is 1.87 bits per heavy atom. The lowest BCUT2D eigenvalue weighted by atomic mass is 9.91. The van der Waals surface area contributed by atoms with E-state index in [1.807, 2.05) is 30.3 Å². The van der Waals surface area contributed by atoms with E-state index >= 15 is 0 Å². The normalized spacial score (nSPS) is 17.8. The number of hydrogen-bond acceptors (Lipinski definition) is 4. The lowest BCUT2D eigenvalue weighted by molar-refractivity contribution is -0.919. The third-order valence-corrected chi connectivity index (χ3v) is 6.57. The number of carbonyl (C=O) groups is 1. The Labute approximate surface area is 181 Å². The largest absolute Gasteiger partial charge is 0.493 e. The smallest absolute Gasteiger partial charge is 0.275 e. The van der Waals surface area contributed by atoms with E-state index in [1.165, 1.54) is 20.9 Å². The Morgan fingerprint density at radius 3 is 2.57 bits per heavy atom. The molecule has 30 heavy (non-hydrogen) atoms. The molecule has 0 radical (unpaired) electrons. The fraction of sp³-hybridized carbons (Fsp3) is 0.292. The molecule has 0 saturated heterocycles. The summed E-state index contributed by atoms with van der Waals surface area (Å²) in [6, 6.07) is 18.5. The molecule has 2 aromatic carbocycles. The molecule has 0 spiro atoms. The second-order valence-corrected chi connectivity index (χ2v) is 8.43. The highest BCUT2D eigenvalue weighted by Gasteiger charge is 2.35. The molecule has 2 atom stereocenters. The van der Waals surface area contributed by atoms with Crippen LogP contribution < -0.4 is 19.7 Å². The number of fused-ring (bicyclic) bond motifs is 1. The number of carbonyl (C=O) groups excluding carboxylic acids is 1. The minimum Gasteiger partial charge on any atom is -0.493 e. The second-order valence-electron chi connectivity index (χ2n) is 7.45. The lowest BCUT2D eigenvalue weighted by Gasteiger charge is -2.34. The quantitative estimate of drug-likeness (QED) is 0.614. The van der Waals surface area contributed by atoms with Crippen molar-refractivity contribution in [2.24, 2.45) is 0 Å². The molecule has 0 saturated carbocycles. The topological polar surface area (TPSA) is 52.0 Å². The van der Waals surface area contributed by atoms with Crippen LogP contribution in [-0.4, -0.2) is 33.2 Å². The molecule has 0 bridgehead atoms. The van der Waals surface area contributed by atoms with Crippen molar-refractivity contribution in [1.29, 1.82) is 0 Å². The van der Waals surface area contributed by atoms with Gasteiger partial charge in [0, 0.05) is 18.5 Å². The second kappa shape index (κ2) is 9.32. The van der Waals surface area contributed by atoms with Gasteiger partial charge in [-0.25, -0.2) is 0 Å². The van der Waals surface area contributed by atoms with E-state index < -0.39 is 0 Å². The summed E-state index contributed by atoms with van der Waals surface area (Å²) in [4.78, 5) is 15.3. The van der Waals surface area contributed by atoms with Gasteiger partial charge in [-0.15, -0.1) is 11.3 Å². The van der Waals surface area contributed by atoms with E-state index in [9.17, 15) is 4.79 Å². The van der Waals surface area contributed by atoms with Gasteiger partial charge in [0.05, 0.1) is 25.6 Å². The van der Waals surface area contributed by atoms with Crippen LogP contribution >= 0.6 is 11.3 Å². The van der Waals surface area contributed by atoms with Gasteiger partial charge in [-0.05, 0) is 34.7 Å². The van der Waals surface area contributed by atoms with Gasteiger partial charge in [-0.2, -0.15) is 0 Å². The predicted octanol–water partition coefficient (Wildman–Crippen LogP) is 2.61. The van der Waals surface area contributed by atoms with Crippen molar-refractivity contribution in [2.75, 3.05) is 27.3 Å². The highest BCUT2D eigenvalue weighted by Crippen LogP contribution is 2.36. The van der Waals surface area contributed by atoms with Gasteiger partial charge >= 0.3 is 0 Å². The molecule has 3 aromatic rings. The van der Waals surface area contributed by atoms with Crippen LogP contribution in [0.3, 0.4) is 0 Å². The minimum atomic E-state index is 0.0688. The molecule has 1 aliphatic rings. The van der Waals surface area contributed by atoms with Crippen molar-refractivity contribution in [3.8, 4) is 11.5 Å². The summed E-state index contributed by atoms with van der Waals surface area (Å²) >= 11 is 1.73. The standard InChI is InChI=1S/C24H26N2O3S/c1-28-20-13-18-10-11-26(16-23(27)25-15-17-7-4-3-5-8-17)24(22-9-6-12-30-22)19(18)14-21(20)29-2/h3-9,12-14,24H,10-11,15-16H2,1-2H3,(H,25,27)/p+1/t24-/m0/s1. The van der Waals surface area contributed by atoms with Crippen LogP contribution in [0.15, 0.2) is 60.0 Å². The Morgan fingerprint density at radius 1 is 1.10 bits per heavy atom. The molecule has 156 valence electrons. The molecule has 4 rings (SSSR count). The van der Waals surface area contributed by atoms with Crippen molar-refractivity contribution < 1.29 is 19.2 Å². The first-order valence-electron chi connectivity index (χ1n) is 10.1. The summed E-state index contributed by atoms with van der Waals surface area (Å²) in [7, 11) is 3.33. The zero-order chi connectivity index (χ0) is 20.9. The molecular formula is C24H27N2O3S+. The zero-order valence-corrected chi connectivity index (χ0v) is 18.1. The highest BCUT2D eigenvalue weighted by atomic mass is 32.1. The monoisotopic (exact) mass is 423 g/mol. The van der Waals surface area contributed by atoms with Gasteiger partial charge in [-0.1, -0.05) is 36.4 Å². The van der Waals surface area contributed by atoms with Gasteiger partial charge in [0.2, 0.25) is 0 Å². The molecule has 5 nitrogen and oxygen atoms in total. The fourth-order valence-corrected chi connectivity index (χ4v) is 5.05. The molecule has 1 aliphatic heterocycles. The molecule has 2 N–H and O–H groups in total. The fourth-order valence-electron chi connectivity index (χ4n) is 4.15. The van der Waals surface area contributed by atoms with E-state index in [4.69, 9.17) is 9.47 Å². The van der Waals surface area contributed by atoms with Crippen LogP contribution in [0.4, 0.5) is 0 Å². The van der Waals surface area contributed by atoms with Gasteiger partial charge in [0.25, 0.3) is 5.91 Å². The summed E-state index contributed by atoms with van der Waals surface area (Å²) in [5.74, 6) is 1.55. The van der Waals surface area contributed by atoms with E-state index in [-0.39, 0.29) is 11.9 Å². The van der Waals surface area contributed by atoms with Crippen LogP contribution in [0, 0.1) is 0 Å². The van der Waals surface area contributed by atoms with Gasteiger partial charge in [0.1, 0.15) is 6.04 Å². The summed E-state index contributed by atoms with van der Waals surface area (Å²) < 4.78 is 11.1. The number of ether oxygens (including phenoxy) is 2. The first-order chi connectivity index (χ1) is 14.7. The van der Waals surface area contributed by atoms with E-state index in [0.717, 1.165) is 30.0 Å². The first-order valence-corrected chi connectivity index (χ1v) is 11.0. The Hall–Kier alpha value is -2.83. The number of thiophene rings is 1. The van der Waals surface area contributed by atoms with Gasteiger partial charge < -0.3 is 19.7 Å². The van der Waals surface area contributed by atoms with Crippen LogP contribution in [0.2, 0.25) is 0 Å². The average molecular weight is 424 g/mol. The maximum absolute atomic E-state index is 12.8. The first kappa shape index (κ1) is 20.4. The maximum atomic E-state index is 12.8. The van der Waals surface area contributed by atoms with Gasteiger partial charge in [-0.3, -0.25) is 4.79 Å². The average Bonchev–Trinajstić information content (AvgIpc) is 3.31. The number of nitrogens with one attached hydrogen (secondary N) is 2. The van der Waals surface area contributed by atoms with Gasteiger partial charge in [0.15, 0.2) is 18.0 Å². The number of methoxy groups -OCH3 is 2. The van der Waals surface area contributed by atoms with Crippen molar-refractivity contribution in [1.82, 2.24) is 5.32 Å². The summed E-state index contributed by atoms with van der Waals surface area (Å²) in [5, 5.41) is 5.17. The Bertz CT molecular complexity index is 989. The maximum Gasteiger partial charge on any atom is 0.275 e. The minimum absolute atomic E-state index is 0.0688. The third kappa shape index (κ3) is 4.35. The van der Waals surface area contributed by atoms with Crippen molar-refractivity contribution in [3.63, 3.8) is 0 Å². The van der Waals surface area contributed by atoms with E-state index in [2.05, 4.69) is 35.0 Å². The predicted molar refractivity (Wildman–Crippen MR) is 118 cm³/mol. The number of quaternary nitrogens is 1. The van der Waals surface area contributed by atoms with Crippen molar-refractivity contribution in [2.45, 2.75) is 19.0 Å². The molecule has 0 aliphatic carbocycles. The molecule has 0 fully saturated rings. The highest BCUT2D eigenvalue weighted by molar-refractivity contribution is 7.10. The number of amides is 1. The molecular weight excluding hydrogens is 396 g/mol. The zero-order valence-electron chi connectivity index (χ0n) is 17.3. The van der Waals surface area contributed by atoms with Crippen molar-refractivity contribution in [3.05, 3.63) is 81.5 Å². The third-order valence-electron chi connectivity index (χ3n) is 5.63. The van der Waals surface area contributed by atoms with Crippen LogP contribution in [0.5, 0.6) is 11.5 Å². The van der Waals surface area contributed by atoms with E-state index in [1.54, 1.807) is 25.6 Å². The molecule has 1 unspecified atom stereocenters. The van der Waals surface area contributed by atoms with E-state index in [0.29, 0.717) is 13.1 Å². The lowest BCUT2D eigenvalue weighted by Crippen LogP contribution is -3.14. The number of rotatable bonds is 7. The SMILES string of the molecule is COc1cc2c(cc1OC)[C@@H](c1cccs1)[NH+](CC(=O)NCc1ccccc1)CC2. The van der Waals surface area contributed by atoms with Crippen molar-refractivity contribution >= 4 is 17.2 Å². The number of hydrogen-bond donors (Lipinski definition) is 2. The molecule has 1 aromatic heterocycles. The Balaban J connectivity index is 1.57.